The molecule has 0 N–H and O–H groups in total. The maximum atomic E-state index is 4.17. The first kappa shape index (κ1) is 11.2. The third kappa shape index (κ3) is 10.2. The molecule has 0 radical (unpaired) electrons. The van der Waals surface area contributed by atoms with Crippen LogP contribution in [-0.2, 0) is 0 Å². The van der Waals surface area contributed by atoms with Crippen LogP contribution in [0.25, 0.3) is 0 Å². The van der Waals surface area contributed by atoms with E-state index in [9.17, 15) is 0 Å². The predicted molar refractivity (Wildman–Crippen MR) is 59.5 cm³/mol. The van der Waals surface area contributed by atoms with Crippen molar-refractivity contribution in [1.82, 2.24) is 0 Å². The van der Waals surface area contributed by atoms with Gasteiger partial charge in [-0.1, -0.05) is 19.6 Å². The molecule has 0 amide bonds. The molecular formula is C8H19NSSi. The van der Waals surface area contributed by atoms with E-state index >= 15 is 0 Å². The molecule has 0 aliphatic heterocycles. The van der Waals surface area contributed by atoms with Gasteiger partial charge in [-0.3, -0.25) is 4.99 Å². The quantitative estimate of drug-likeness (QED) is 0.368. The van der Waals surface area contributed by atoms with Gasteiger partial charge in [0.05, 0.1) is 0 Å². The summed E-state index contributed by atoms with van der Waals surface area (Å²) < 4.78 is 0. The predicted octanol–water partition coefficient (Wildman–Crippen LogP) is 3.04. The van der Waals surface area contributed by atoms with Crippen LogP contribution >= 0.6 is 11.2 Å². The maximum absolute atomic E-state index is 4.17. The Hall–Kier alpha value is 0.237. The van der Waals surface area contributed by atoms with E-state index in [0.29, 0.717) is 0 Å². The van der Waals surface area contributed by atoms with Crippen molar-refractivity contribution >= 4 is 24.6 Å². The first-order valence-corrected chi connectivity index (χ1v) is 9.35. The van der Waals surface area contributed by atoms with Crippen LogP contribution in [0.2, 0.25) is 19.6 Å². The second kappa shape index (κ2) is 5.83. The van der Waals surface area contributed by atoms with Crippen molar-refractivity contribution in [3.8, 4) is 0 Å². The minimum absolute atomic E-state index is 0.853. The Balaban J connectivity index is 3.15. The molecule has 66 valence electrons. The van der Waals surface area contributed by atoms with Crippen LogP contribution in [0.15, 0.2) is 4.99 Å². The normalized spacial score (nSPS) is 12.7. The lowest BCUT2D eigenvalue weighted by Gasteiger charge is -2.13. The molecular weight excluding hydrogens is 170 g/mol. The van der Waals surface area contributed by atoms with Crippen LogP contribution in [0.3, 0.4) is 0 Å². The highest BCUT2D eigenvalue weighted by molar-refractivity contribution is 8.28. The maximum Gasteiger partial charge on any atom is 0.108 e. The lowest BCUT2D eigenvalue weighted by atomic mass is 10.5. The van der Waals surface area contributed by atoms with Gasteiger partial charge in [0.1, 0.15) is 7.22 Å². The Morgan fingerprint density at radius 3 is 2.45 bits per heavy atom. The summed E-state index contributed by atoms with van der Waals surface area (Å²) in [6, 6.07) is 0. The monoisotopic (exact) mass is 189 g/mol. The fraction of sp³-hybridized carbons (Fsp3) is 0.875. The second-order valence-corrected chi connectivity index (χ2v) is 12.9. The van der Waals surface area contributed by atoms with E-state index in [1.165, 1.54) is 12.2 Å². The van der Waals surface area contributed by atoms with Gasteiger partial charge >= 0.3 is 0 Å². The Kier molecular flexibility index (Phi) is 5.96. The Labute approximate surface area is 75.3 Å². The average Bonchev–Trinajstić information content (AvgIpc) is 1.85. The van der Waals surface area contributed by atoms with Crippen molar-refractivity contribution in [2.24, 2.45) is 4.99 Å². The zero-order valence-electron chi connectivity index (χ0n) is 8.05. The summed E-state index contributed by atoms with van der Waals surface area (Å²) >= 11 is 2.15. The highest BCUT2D eigenvalue weighted by atomic mass is 32.4. The summed E-state index contributed by atoms with van der Waals surface area (Å²) in [5, 5.41) is 0. The number of aliphatic imine (C=N–C) groups is 1. The molecule has 0 bridgehead atoms. The molecule has 0 aliphatic rings. The SMILES string of the molecule is C/C=N\CCCS[Si](C)(C)C. The lowest BCUT2D eigenvalue weighted by Crippen LogP contribution is -2.14. The Morgan fingerprint density at radius 1 is 1.36 bits per heavy atom. The number of rotatable bonds is 5. The number of nitrogens with zero attached hydrogens (tertiary/aromatic N) is 1. The van der Waals surface area contributed by atoms with Crippen LogP contribution in [0.5, 0.6) is 0 Å². The van der Waals surface area contributed by atoms with Gasteiger partial charge < -0.3 is 0 Å². The fourth-order valence-corrected chi connectivity index (χ4v) is 3.82. The molecule has 0 atom stereocenters. The van der Waals surface area contributed by atoms with E-state index in [0.717, 1.165) is 6.54 Å². The van der Waals surface area contributed by atoms with Gasteiger partial charge in [0.25, 0.3) is 0 Å². The van der Waals surface area contributed by atoms with Gasteiger partial charge in [0.2, 0.25) is 0 Å². The van der Waals surface area contributed by atoms with E-state index in [1.54, 1.807) is 0 Å². The molecule has 0 saturated heterocycles. The third-order valence-electron chi connectivity index (χ3n) is 1.15. The van der Waals surface area contributed by atoms with Gasteiger partial charge in [-0.25, -0.2) is 0 Å². The van der Waals surface area contributed by atoms with Gasteiger partial charge in [-0.15, -0.1) is 0 Å². The molecule has 0 fully saturated rings. The van der Waals surface area contributed by atoms with Gasteiger partial charge in [-0.2, -0.15) is 11.2 Å². The lowest BCUT2D eigenvalue weighted by molar-refractivity contribution is 0.949. The standard InChI is InChI=1S/C8H19NSSi/c1-5-9-7-6-8-10-11(2,3)4/h5H,6-8H2,1-4H3/b9-5-. The van der Waals surface area contributed by atoms with Crippen molar-refractivity contribution in [2.45, 2.75) is 33.0 Å². The van der Waals surface area contributed by atoms with Gasteiger partial charge in [0, 0.05) is 6.54 Å². The topological polar surface area (TPSA) is 12.4 Å². The summed E-state index contributed by atoms with van der Waals surface area (Å²) in [6.07, 6.45) is 3.12. The van der Waals surface area contributed by atoms with Crippen molar-refractivity contribution in [2.75, 3.05) is 12.3 Å². The molecule has 0 aromatic heterocycles. The molecule has 0 aromatic rings. The van der Waals surface area contributed by atoms with Gasteiger partial charge in [-0.05, 0) is 25.3 Å². The molecule has 0 rings (SSSR count). The van der Waals surface area contributed by atoms with Gasteiger partial charge in [0.15, 0.2) is 0 Å². The smallest absolute Gasteiger partial charge is 0.108 e. The molecule has 11 heavy (non-hydrogen) atoms. The zero-order chi connectivity index (χ0) is 8.74. The summed E-state index contributed by atoms with van der Waals surface area (Å²) in [7, 11) is -0.853. The minimum Gasteiger partial charge on any atom is -0.298 e. The van der Waals surface area contributed by atoms with Crippen molar-refractivity contribution in [3.63, 3.8) is 0 Å². The zero-order valence-corrected chi connectivity index (χ0v) is 9.87. The molecule has 1 nitrogen and oxygen atoms in total. The first-order chi connectivity index (χ1) is 5.06. The second-order valence-electron chi connectivity index (χ2n) is 3.48. The van der Waals surface area contributed by atoms with E-state index < -0.39 is 7.22 Å². The summed E-state index contributed by atoms with van der Waals surface area (Å²) in [4.78, 5) is 4.17. The number of hydrogen-bond acceptors (Lipinski definition) is 2. The average molecular weight is 189 g/mol. The van der Waals surface area contributed by atoms with Crippen LogP contribution < -0.4 is 0 Å². The van der Waals surface area contributed by atoms with Crippen LogP contribution in [0, 0.1) is 0 Å². The Morgan fingerprint density at radius 2 is 2.00 bits per heavy atom. The molecule has 0 aliphatic carbocycles. The van der Waals surface area contributed by atoms with E-state index in [-0.39, 0.29) is 0 Å². The molecule has 0 spiro atoms. The van der Waals surface area contributed by atoms with Crippen LogP contribution in [-0.4, -0.2) is 25.7 Å². The van der Waals surface area contributed by atoms with Crippen molar-refractivity contribution in [3.05, 3.63) is 0 Å². The highest BCUT2D eigenvalue weighted by Crippen LogP contribution is 2.19. The molecule has 0 aromatic carbocycles. The van der Waals surface area contributed by atoms with E-state index in [2.05, 4.69) is 35.8 Å². The van der Waals surface area contributed by atoms with Crippen molar-refractivity contribution in [1.29, 1.82) is 0 Å². The molecule has 0 unspecified atom stereocenters. The minimum atomic E-state index is -0.853. The summed E-state index contributed by atoms with van der Waals surface area (Å²) in [6.45, 7) is 10.2. The molecule has 0 heterocycles. The summed E-state index contributed by atoms with van der Waals surface area (Å²) in [5.41, 5.74) is 0. The third-order valence-corrected chi connectivity index (χ3v) is 5.72. The van der Waals surface area contributed by atoms with E-state index in [1.807, 2.05) is 13.1 Å². The van der Waals surface area contributed by atoms with Crippen molar-refractivity contribution < 1.29 is 0 Å². The fourth-order valence-electron chi connectivity index (χ4n) is 0.663. The largest absolute Gasteiger partial charge is 0.298 e. The highest BCUT2D eigenvalue weighted by Gasteiger charge is 2.11. The van der Waals surface area contributed by atoms with Crippen LogP contribution in [0.1, 0.15) is 13.3 Å². The Bertz CT molecular complexity index is 118. The van der Waals surface area contributed by atoms with E-state index in [4.69, 9.17) is 0 Å². The number of hydrogen-bond donors (Lipinski definition) is 0. The summed E-state index contributed by atoms with van der Waals surface area (Å²) in [5.74, 6) is 1.28. The molecule has 3 heteroatoms. The molecule has 0 saturated carbocycles. The first-order valence-electron chi connectivity index (χ1n) is 4.14. The van der Waals surface area contributed by atoms with Crippen LogP contribution in [0.4, 0.5) is 0 Å².